The first-order chi connectivity index (χ1) is 15.4. The summed E-state index contributed by atoms with van der Waals surface area (Å²) in [6, 6.07) is 13.4. The lowest BCUT2D eigenvalue weighted by atomic mass is 10.1. The molecular weight excluding hydrogens is 422 g/mol. The quantitative estimate of drug-likeness (QED) is 0.517. The van der Waals surface area contributed by atoms with Crippen molar-refractivity contribution < 1.29 is 4.79 Å². The van der Waals surface area contributed by atoms with Crippen LogP contribution in [0.2, 0.25) is 0 Å². The van der Waals surface area contributed by atoms with Crippen molar-refractivity contribution in [3.63, 3.8) is 0 Å². The Labute approximate surface area is 188 Å². The first-order valence-electron chi connectivity index (χ1n) is 10.6. The molecule has 0 radical (unpaired) electrons. The van der Waals surface area contributed by atoms with Crippen molar-refractivity contribution >= 4 is 33.1 Å². The van der Waals surface area contributed by atoms with Crippen LogP contribution in [0.5, 0.6) is 0 Å². The van der Waals surface area contributed by atoms with E-state index in [2.05, 4.69) is 11.4 Å². The second-order valence-corrected chi connectivity index (χ2v) is 9.24. The minimum Gasteiger partial charge on any atom is -0.325 e. The third-order valence-electron chi connectivity index (χ3n) is 6.04. The van der Waals surface area contributed by atoms with Gasteiger partial charge in [0, 0.05) is 5.69 Å². The number of carbonyl (C=O) groups excluding carboxylic acids is 1. The van der Waals surface area contributed by atoms with Gasteiger partial charge in [-0.3, -0.25) is 14.2 Å². The summed E-state index contributed by atoms with van der Waals surface area (Å²) in [6.45, 7) is 3.61. The molecule has 2 aromatic carbocycles. The van der Waals surface area contributed by atoms with Crippen molar-refractivity contribution in [1.29, 1.82) is 0 Å². The summed E-state index contributed by atoms with van der Waals surface area (Å²) in [4.78, 5) is 39.5. The first-order valence-corrected chi connectivity index (χ1v) is 11.5. The Kier molecular flexibility index (Phi) is 5.06. The molecule has 1 aliphatic rings. The molecule has 162 valence electrons. The zero-order valence-electron chi connectivity index (χ0n) is 18.0. The standard InChI is InChI=1S/C25H23N3O3S/c1-15-6-7-16(2)21(12-15)28-24(30)23-20(10-11-32-23)27(25(28)31)14-22(29)26-19-9-8-17-4-3-5-18(17)13-19/h6-13H,3-5,14H2,1-2H3,(H,26,29). The Morgan fingerprint density at radius 2 is 1.84 bits per heavy atom. The topological polar surface area (TPSA) is 73.1 Å². The van der Waals surface area contributed by atoms with E-state index < -0.39 is 5.69 Å². The summed E-state index contributed by atoms with van der Waals surface area (Å²) in [5.74, 6) is -0.302. The number of aromatic nitrogens is 2. The van der Waals surface area contributed by atoms with Gasteiger partial charge in [-0.15, -0.1) is 11.3 Å². The fraction of sp³-hybridized carbons (Fsp3) is 0.240. The monoisotopic (exact) mass is 445 g/mol. The number of hydrogen-bond donors (Lipinski definition) is 1. The average Bonchev–Trinajstić information content (AvgIpc) is 3.43. The van der Waals surface area contributed by atoms with E-state index in [0.29, 0.717) is 15.9 Å². The van der Waals surface area contributed by atoms with Gasteiger partial charge in [0.25, 0.3) is 5.56 Å². The molecule has 32 heavy (non-hydrogen) atoms. The molecular formula is C25H23N3O3S. The molecule has 0 spiro atoms. The maximum atomic E-state index is 13.5. The van der Waals surface area contributed by atoms with E-state index in [1.165, 1.54) is 31.6 Å². The number of fused-ring (bicyclic) bond motifs is 2. The minimum atomic E-state index is -0.515. The molecule has 0 saturated heterocycles. The lowest BCUT2D eigenvalue weighted by Crippen LogP contribution is -2.40. The van der Waals surface area contributed by atoms with E-state index in [1.54, 1.807) is 11.4 Å². The van der Waals surface area contributed by atoms with Crippen molar-refractivity contribution in [3.8, 4) is 5.69 Å². The molecule has 0 unspecified atom stereocenters. The highest BCUT2D eigenvalue weighted by molar-refractivity contribution is 7.17. The maximum Gasteiger partial charge on any atom is 0.336 e. The van der Waals surface area contributed by atoms with Gasteiger partial charge >= 0.3 is 5.69 Å². The summed E-state index contributed by atoms with van der Waals surface area (Å²) >= 11 is 1.28. The van der Waals surface area contributed by atoms with Crippen LogP contribution in [0.4, 0.5) is 5.69 Å². The Morgan fingerprint density at radius 1 is 1.03 bits per heavy atom. The third kappa shape index (κ3) is 3.48. The van der Waals surface area contributed by atoms with Gasteiger partial charge in [0.05, 0.1) is 11.2 Å². The molecule has 4 aromatic rings. The van der Waals surface area contributed by atoms with Gasteiger partial charge in [-0.1, -0.05) is 18.2 Å². The number of thiophene rings is 1. The number of amides is 1. The van der Waals surface area contributed by atoms with E-state index in [1.807, 2.05) is 44.2 Å². The molecule has 5 rings (SSSR count). The van der Waals surface area contributed by atoms with Crippen molar-refractivity contribution in [2.45, 2.75) is 39.7 Å². The molecule has 2 heterocycles. The Morgan fingerprint density at radius 3 is 2.69 bits per heavy atom. The molecule has 2 aromatic heterocycles. The molecule has 0 bridgehead atoms. The molecule has 1 N–H and O–H groups in total. The van der Waals surface area contributed by atoms with Crippen LogP contribution in [-0.2, 0) is 24.2 Å². The second-order valence-electron chi connectivity index (χ2n) is 8.32. The van der Waals surface area contributed by atoms with E-state index in [0.717, 1.165) is 36.1 Å². The van der Waals surface area contributed by atoms with Crippen LogP contribution in [0.25, 0.3) is 15.9 Å². The van der Waals surface area contributed by atoms with Gasteiger partial charge in [0.1, 0.15) is 11.2 Å². The van der Waals surface area contributed by atoms with E-state index >= 15 is 0 Å². The number of nitrogens with one attached hydrogen (secondary N) is 1. The number of nitrogens with zero attached hydrogens (tertiary/aromatic N) is 2. The van der Waals surface area contributed by atoms with Crippen LogP contribution in [-0.4, -0.2) is 15.0 Å². The van der Waals surface area contributed by atoms with Crippen molar-refractivity contribution in [2.24, 2.45) is 0 Å². The summed E-state index contributed by atoms with van der Waals surface area (Å²) in [5.41, 5.74) is 5.25. The van der Waals surface area contributed by atoms with Gasteiger partial charge in [-0.2, -0.15) is 0 Å². The van der Waals surface area contributed by atoms with Crippen LogP contribution in [0.15, 0.2) is 57.4 Å². The van der Waals surface area contributed by atoms with Crippen molar-refractivity contribution in [2.75, 3.05) is 5.32 Å². The second kappa shape index (κ2) is 7.91. The maximum absolute atomic E-state index is 13.5. The van der Waals surface area contributed by atoms with Gasteiger partial charge < -0.3 is 5.32 Å². The molecule has 0 atom stereocenters. The van der Waals surface area contributed by atoms with Crippen molar-refractivity contribution in [1.82, 2.24) is 9.13 Å². The van der Waals surface area contributed by atoms with E-state index in [9.17, 15) is 14.4 Å². The third-order valence-corrected chi connectivity index (χ3v) is 6.94. The summed E-state index contributed by atoms with van der Waals surface area (Å²) in [6.07, 6.45) is 3.24. The highest BCUT2D eigenvalue weighted by atomic mass is 32.1. The summed E-state index contributed by atoms with van der Waals surface area (Å²) in [7, 11) is 0. The van der Waals surface area contributed by atoms with Crippen LogP contribution in [0, 0.1) is 13.8 Å². The number of hydrogen-bond acceptors (Lipinski definition) is 4. The molecule has 1 aliphatic carbocycles. The molecule has 0 aliphatic heterocycles. The minimum absolute atomic E-state index is 0.172. The van der Waals surface area contributed by atoms with Crippen molar-refractivity contribution in [3.05, 3.63) is 90.9 Å². The summed E-state index contributed by atoms with van der Waals surface area (Å²) in [5, 5.41) is 4.69. The Bertz CT molecular complexity index is 1490. The van der Waals surface area contributed by atoms with E-state index in [4.69, 9.17) is 0 Å². The first kappa shape index (κ1) is 20.5. The lowest BCUT2D eigenvalue weighted by Gasteiger charge is -2.14. The fourth-order valence-electron chi connectivity index (χ4n) is 4.41. The predicted molar refractivity (Wildman–Crippen MR) is 128 cm³/mol. The fourth-order valence-corrected chi connectivity index (χ4v) is 5.23. The van der Waals surface area contributed by atoms with Crippen LogP contribution in [0.1, 0.15) is 28.7 Å². The number of aryl methyl sites for hydroxylation is 4. The molecule has 6 nitrogen and oxygen atoms in total. The van der Waals surface area contributed by atoms with Gasteiger partial charge in [0.15, 0.2) is 0 Å². The Balaban J connectivity index is 1.56. The number of carbonyl (C=O) groups is 1. The largest absolute Gasteiger partial charge is 0.336 e. The molecule has 1 amide bonds. The normalized spacial score (nSPS) is 12.8. The van der Waals surface area contributed by atoms with Crippen LogP contribution < -0.4 is 16.6 Å². The molecule has 0 saturated carbocycles. The van der Waals surface area contributed by atoms with Gasteiger partial charge in [0.2, 0.25) is 5.91 Å². The summed E-state index contributed by atoms with van der Waals surface area (Å²) < 4.78 is 3.03. The zero-order chi connectivity index (χ0) is 22.4. The smallest absolute Gasteiger partial charge is 0.325 e. The number of rotatable bonds is 4. The van der Waals surface area contributed by atoms with Gasteiger partial charge in [-0.05, 0) is 85.0 Å². The van der Waals surface area contributed by atoms with E-state index in [-0.39, 0.29) is 18.0 Å². The van der Waals surface area contributed by atoms with Crippen LogP contribution >= 0.6 is 11.3 Å². The molecule has 0 fully saturated rings. The highest BCUT2D eigenvalue weighted by Gasteiger charge is 2.19. The SMILES string of the molecule is Cc1ccc(C)c(-n2c(=O)c3sccc3n(CC(=O)Nc3ccc4c(c3)CCC4)c2=O)c1. The predicted octanol–water partition coefficient (Wildman–Crippen LogP) is 3.96. The zero-order valence-corrected chi connectivity index (χ0v) is 18.8. The molecule has 7 heteroatoms. The number of benzene rings is 2. The number of anilines is 1. The average molecular weight is 446 g/mol. The van der Waals surface area contributed by atoms with Crippen LogP contribution in [0.3, 0.4) is 0 Å². The highest BCUT2D eigenvalue weighted by Crippen LogP contribution is 2.25. The lowest BCUT2D eigenvalue weighted by molar-refractivity contribution is -0.116. The van der Waals surface area contributed by atoms with Gasteiger partial charge in [-0.25, -0.2) is 9.36 Å². The Hall–Kier alpha value is -3.45.